The first-order valence-corrected chi connectivity index (χ1v) is 10.7. The Balaban J connectivity index is 1.42. The Morgan fingerprint density at radius 2 is 1.83 bits per heavy atom. The third kappa shape index (κ3) is 4.73. The Morgan fingerprint density at radius 3 is 2.62 bits per heavy atom. The predicted octanol–water partition coefficient (Wildman–Crippen LogP) is 2.30. The largest absolute Gasteiger partial charge is 0.490 e. The summed E-state index contributed by atoms with van der Waals surface area (Å²) in [6.45, 7) is 8.03. The molecule has 154 valence electrons. The quantitative estimate of drug-likeness (QED) is 0.817. The van der Waals surface area contributed by atoms with Gasteiger partial charge in [0, 0.05) is 18.4 Å². The second-order valence-electron chi connectivity index (χ2n) is 8.42. The molecule has 2 N–H and O–H groups in total. The van der Waals surface area contributed by atoms with Gasteiger partial charge in [0.15, 0.2) is 18.0 Å². The van der Waals surface area contributed by atoms with Gasteiger partial charge in [-0.25, -0.2) is 0 Å². The summed E-state index contributed by atoms with van der Waals surface area (Å²) in [5.41, 5.74) is 3.85. The first kappa shape index (κ1) is 19.8. The Morgan fingerprint density at radius 1 is 1.07 bits per heavy atom. The minimum Gasteiger partial charge on any atom is -0.490 e. The van der Waals surface area contributed by atoms with E-state index in [-0.39, 0.29) is 17.9 Å². The van der Waals surface area contributed by atoms with Crippen molar-refractivity contribution in [1.29, 1.82) is 0 Å². The van der Waals surface area contributed by atoms with E-state index in [9.17, 15) is 4.79 Å². The van der Waals surface area contributed by atoms with E-state index in [1.54, 1.807) is 0 Å². The van der Waals surface area contributed by atoms with Gasteiger partial charge in [-0.15, -0.1) is 0 Å². The summed E-state index contributed by atoms with van der Waals surface area (Å²) in [6, 6.07) is 14.5. The zero-order chi connectivity index (χ0) is 20.2. The summed E-state index contributed by atoms with van der Waals surface area (Å²) in [7, 11) is 0. The molecule has 1 amide bonds. The lowest BCUT2D eigenvalue weighted by atomic mass is 9.95. The van der Waals surface area contributed by atoms with Crippen LogP contribution >= 0.6 is 0 Å². The van der Waals surface area contributed by atoms with Crippen LogP contribution in [0.25, 0.3) is 0 Å². The highest BCUT2D eigenvalue weighted by atomic mass is 16.5. The van der Waals surface area contributed by atoms with Gasteiger partial charge in [-0.3, -0.25) is 4.79 Å². The zero-order valence-electron chi connectivity index (χ0n) is 17.4. The van der Waals surface area contributed by atoms with Crippen LogP contribution in [0.2, 0.25) is 0 Å². The van der Waals surface area contributed by atoms with Gasteiger partial charge < -0.3 is 19.7 Å². The van der Waals surface area contributed by atoms with Crippen LogP contribution in [0.4, 0.5) is 0 Å². The molecular weight excluding hydrogens is 364 g/mol. The highest BCUT2D eigenvalue weighted by Crippen LogP contribution is 2.34. The molecule has 5 nitrogen and oxygen atoms in total. The number of nitrogens with one attached hydrogen (secondary N) is 2. The number of carbonyl (C=O) groups is 1. The van der Waals surface area contributed by atoms with Gasteiger partial charge in [0.2, 0.25) is 0 Å². The lowest BCUT2D eigenvalue weighted by molar-refractivity contribution is -0.908. The molecule has 1 unspecified atom stereocenters. The molecule has 29 heavy (non-hydrogen) atoms. The maximum atomic E-state index is 12.9. The highest BCUT2D eigenvalue weighted by molar-refractivity contribution is 5.77. The molecule has 0 aliphatic carbocycles. The smallest absolute Gasteiger partial charge is 0.275 e. The van der Waals surface area contributed by atoms with Crippen LogP contribution in [0.3, 0.4) is 0 Å². The maximum absolute atomic E-state index is 12.9. The number of carbonyl (C=O) groups excluding carboxylic acids is 1. The zero-order valence-corrected chi connectivity index (χ0v) is 17.4. The average molecular weight is 396 g/mol. The molecule has 0 aromatic heterocycles. The van der Waals surface area contributed by atoms with E-state index >= 15 is 0 Å². The fraction of sp³-hybridized carbons (Fsp3) is 0.458. The van der Waals surface area contributed by atoms with Gasteiger partial charge in [0.25, 0.3) is 5.91 Å². The molecular formula is C24H31N2O3+. The third-order valence-electron chi connectivity index (χ3n) is 5.83. The molecule has 2 aromatic carbocycles. The fourth-order valence-electron chi connectivity index (χ4n) is 4.25. The summed E-state index contributed by atoms with van der Waals surface area (Å²) in [6.07, 6.45) is 1.92. The van der Waals surface area contributed by atoms with Crippen molar-refractivity contribution < 1.29 is 19.2 Å². The molecule has 4 rings (SSSR count). The Kier molecular flexibility index (Phi) is 6.05. The lowest BCUT2D eigenvalue weighted by Gasteiger charge is -2.28. The van der Waals surface area contributed by atoms with Gasteiger partial charge in [0.1, 0.15) is 6.54 Å². The molecule has 5 heteroatoms. The van der Waals surface area contributed by atoms with Crippen LogP contribution in [0.1, 0.15) is 43.0 Å². The summed E-state index contributed by atoms with van der Waals surface area (Å²) in [5.74, 6) is 1.95. The van der Waals surface area contributed by atoms with Crippen molar-refractivity contribution >= 4 is 5.91 Å². The maximum Gasteiger partial charge on any atom is 0.275 e. The van der Waals surface area contributed by atoms with Gasteiger partial charge in [-0.2, -0.15) is 0 Å². The van der Waals surface area contributed by atoms with Crippen molar-refractivity contribution in [2.45, 2.75) is 39.3 Å². The number of rotatable bonds is 5. The number of ether oxygens (including phenoxy) is 2. The average Bonchev–Trinajstić information content (AvgIpc) is 2.96. The molecule has 2 aliphatic rings. The number of amides is 1. The molecule has 2 atom stereocenters. The topological polar surface area (TPSA) is 52.0 Å². The number of hydrogen-bond acceptors (Lipinski definition) is 3. The SMILES string of the molecule is CC(C)[C@H](NC(=O)C[NH+]1CCc2ccccc2C1)c1ccc2c(c1)OCCCO2. The summed E-state index contributed by atoms with van der Waals surface area (Å²) >= 11 is 0. The molecule has 0 fully saturated rings. The normalized spacial score (nSPS) is 19.2. The second kappa shape index (κ2) is 8.87. The number of quaternary nitrogens is 1. The van der Waals surface area contributed by atoms with E-state index in [2.05, 4.69) is 43.4 Å². The second-order valence-corrected chi connectivity index (χ2v) is 8.42. The van der Waals surface area contributed by atoms with Crippen LogP contribution in [-0.2, 0) is 17.8 Å². The fourth-order valence-corrected chi connectivity index (χ4v) is 4.25. The molecule has 0 saturated carbocycles. The minimum absolute atomic E-state index is 0.0453. The van der Waals surface area contributed by atoms with E-state index in [1.807, 2.05) is 18.2 Å². The Labute approximate surface area is 173 Å². The molecule has 0 radical (unpaired) electrons. The van der Waals surface area contributed by atoms with E-state index in [4.69, 9.17) is 9.47 Å². The van der Waals surface area contributed by atoms with Crippen LogP contribution < -0.4 is 19.7 Å². The van der Waals surface area contributed by atoms with Crippen molar-refractivity contribution in [3.8, 4) is 11.5 Å². The van der Waals surface area contributed by atoms with Gasteiger partial charge >= 0.3 is 0 Å². The summed E-state index contributed by atoms with van der Waals surface area (Å²) < 4.78 is 11.6. The molecule has 0 saturated heterocycles. The predicted molar refractivity (Wildman–Crippen MR) is 112 cm³/mol. The van der Waals surface area contributed by atoms with E-state index in [1.165, 1.54) is 16.0 Å². The van der Waals surface area contributed by atoms with Gasteiger partial charge in [-0.1, -0.05) is 44.2 Å². The summed E-state index contributed by atoms with van der Waals surface area (Å²) in [4.78, 5) is 14.2. The Bertz CT molecular complexity index is 865. The number of hydrogen-bond donors (Lipinski definition) is 2. The standard InChI is InChI=1S/C24H30N2O3/c1-17(2)24(19-8-9-21-22(14-19)29-13-5-12-28-21)25-23(27)16-26-11-10-18-6-3-4-7-20(18)15-26/h3-4,6-9,14,17,24H,5,10-13,15-16H2,1-2H3,(H,25,27)/p+1/t24-/m0/s1. The minimum atomic E-state index is -0.0453. The monoisotopic (exact) mass is 395 g/mol. The third-order valence-corrected chi connectivity index (χ3v) is 5.83. The van der Waals surface area contributed by atoms with Crippen LogP contribution in [0.5, 0.6) is 11.5 Å². The first-order valence-electron chi connectivity index (χ1n) is 10.7. The molecule has 2 aromatic rings. The Hall–Kier alpha value is -2.53. The summed E-state index contributed by atoms with van der Waals surface area (Å²) in [5, 5.41) is 3.27. The van der Waals surface area contributed by atoms with E-state index in [0.29, 0.717) is 19.8 Å². The molecule has 2 aliphatic heterocycles. The molecule has 0 bridgehead atoms. The van der Waals surface area contributed by atoms with Crippen LogP contribution in [-0.4, -0.2) is 32.2 Å². The van der Waals surface area contributed by atoms with Crippen LogP contribution in [0, 0.1) is 5.92 Å². The van der Waals surface area contributed by atoms with Crippen molar-refractivity contribution in [2.75, 3.05) is 26.3 Å². The van der Waals surface area contributed by atoms with Crippen molar-refractivity contribution in [3.63, 3.8) is 0 Å². The molecule has 2 heterocycles. The van der Waals surface area contributed by atoms with Crippen molar-refractivity contribution in [1.82, 2.24) is 5.32 Å². The number of benzene rings is 2. The van der Waals surface area contributed by atoms with E-state index < -0.39 is 0 Å². The van der Waals surface area contributed by atoms with Gasteiger partial charge in [0.05, 0.1) is 25.8 Å². The highest BCUT2D eigenvalue weighted by Gasteiger charge is 2.25. The lowest BCUT2D eigenvalue weighted by Crippen LogP contribution is -3.12. The van der Waals surface area contributed by atoms with Gasteiger partial charge in [-0.05, 0) is 29.2 Å². The molecule has 0 spiro atoms. The van der Waals surface area contributed by atoms with Crippen molar-refractivity contribution in [3.05, 3.63) is 59.2 Å². The van der Waals surface area contributed by atoms with Crippen LogP contribution in [0.15, 0.2) is 42.5 Å². The number of fused-ring (bicyclic) bond motifs is 2. The van der Waals surface area contributed by atoms with E-state index in [0.717, 1.165) is 43.0 Å². The van der Waals surface area contributed by atoms with Crippen molar-refractivity contribution in [2.24, 2.45) is 5.92 Å². The first-order chi connectivity index (χ1) is 14.1.